The molecule has 0 unspecified atom stereocenters. The molecule has 0 saturated heterocycles. The van der Waals surface area contributed by atoms with E-state index in [2.05, 4.69) is 0 Å². The number of hydrogen-bond acceptors (Lipinski definition) is 7. The molecule has 0 bridgehead atoms. The second-order valence-electron chi connectivity index (χ2n) is 11.7. The van der Waals surface area contributed by atoms with Gasteiger partial charge in [0, 0.05) is 35.1 Å². The Bertz CT molecular complexity index is 1370. The van der Waals surface area contributed by atoms with Gasteiger partial charge in [0.25, 0.3) is 0 Å². The summed E-state index contributed by atoms with van der Waals surface area (Å²) in [6.45, 7) is 4.84. The van der Waals surface area contributed by atoms with Gasteiger partial charge in [0.1, 0.15) is 5.78 Å². The Balaban J connectivity index is 1.61. The molecule has 0 heterocycles. The second kappa shape index (κ2) is 10.3. The molecule has 0 spiro atoms. The van der Waals surface area contributed by atoms with Gasteiger partial charge in [-0.3, -0.25) is 19.2 Å². The maximum atomic E-state index is 14.2. The van der Waals surface area contributed by atoms with E-state index in [0.29, 0.717) is 24.8 Å². The number of hydrogen-bond donors (Lipinski definition) is 0. The molecule has 0 aromatic heterocycles. The number of esters is 2. The fraction of sp³-hybridized carbons (Fsp3) is 0.469. The number of ketones is 3. The van der Waals surface area contributed by atoms with Crippen LogP contribution >= 0.6 is 11.6 Å². The lowest BCUT2D eigenvalue weighted by atomic mass is 9.46. The predicted molar refractivity (Wildman–Crippen MR) is 147 cm³/mol. The van der Waals surface area contributed by atoms with E-state index < -0.39 is 40.8 Å². The monoisotopic (exact) mass is 564 g/mol. The van der Waals surface area contributed by atoms with Crippen molar-refractivity contribution >= 4 is 40.9 Å². The summed E-state index contributed by atoms with van der Waals surface area (Å²) >= 11 is 6.39. The van der Waals surface area contributed by atoms with Crippen LogP contribution in [-0.2, 0) is 28.7 Å². The van der Waals surface area contributed by atoms with Gasteiger partial charge in [-0.25, -0.2) is 4.79 Å². The quantitative estimate of drug-likeness (QED) is 0.430. The van der Waals surface area contributed by atoms with Crippen LogP contribution in [0.3, 0.4) is 0 Å². The summed E-state index contributed by atoms with van der Waals surface area (Å²) in [7, 11) is 0. The number of carbonyl (C=O) groups is 5. The van der Waals surface area contributed by atoms with Gasteiger partial charge >= 0.3 is 11.9 Å². The van der Waals surface area contributed by atoms with Gasteiger partial charge in [0.15, 0.2) is 12.4 Å². The van der Waals surface area contributed by atoms with Crippen LogP contribution in [0.25, 0.3) is 0 Å². The molecule has 0 radical (unpaired) electrons. The van der Waals surface area contributed by atoms with Crippen LogP contribution in [0.4, 0.5) is 0 Å². The maximum absolute atomic E-state index is 14.2. The zero-order valence-corrected chi connectivity index (χ0v) is 23.7. The number of halogens is 1. The summed E-state index contributed by atoms with van der Waals surface area (Å²) in [6, 6.07) is 8.32. The Morgan fingerprint density at radius 2 is 1.85 bits per heavy atom. The number of fused-ring (bicyclic) bond motifs is 5. The average molecular weight is 565 g/mol. The van der Waals surface area contributed by atoms with E-state index in [4.69, 9.17) is 21.1 Å². The SMILES string of the molecule is CCC(=O)OCC(=O)[C@@]1(OC(=O)c2ccccc2)C(=CCl)C[C@H]2[C@@H]3CCC4=CC(=O)C=C[C@]4(C)[C@H]3C(=O)C[C@@]21C. The Morgan fingerprint density at radius 1 is 1.12 bits per heavy atom. The van der Waals surface area contributed by atoms with Crippen LogP contribution in [0.5, 0.6) is 0 Å². The number of allylic oxidation sites excluding steroid dienone is 4. The Labute approximate surface area is 238 Å². The van der Waals surface area contributed by atoms with Crippen LogP contribution in [0, 0.1) is 28.6 Å². The zero-order chi connectivity index (χ0) is 28.9. The van der Waals surface area contributed by atoms with Crippen LogP contribution in [0.1, 0.15) is 63.2 Å². The van der Waals surface area contributed by atoms with Crippen molar-refractivity contribution in [2.24, 2.45) is 28.6 Å². The van der Waals surface area contributed by atoms with Crippen molar-refractivity contribution in [1.82, 2.24) is 0 Å². The van der Waals surface area contributed by atoms with Crippen LogP contribution < -0.4 is 0 Å². The Hall–Kier alpha value is -3.32. The van der Waals surface area contributed by atoms with Gasteiger partial charge in [0.2, 0.25) is 11.4 Å². The predicted octanol–water partition coefficient (Wildman–Crippen LogP) is 5.32. The van der Waals surface area contributed by atoms with Gasteiger partial charge in [0.05, 0.1) is 5.56 Å². The maximum Gasteiger partial charge on any atom is 0.339 e. The second-order valence-corrected chi connectivity index (χ2v) is 12.0. The van der Waals surface area contributed by atoms with Gasteiger partial charge in [-0.15, -0.1) is 0 Å². The fourth-order valence-corrected chi connectivity index (χ4v) is 8.13. The lowest BCUT2D eigenvalue weighted by Gasteiger charge is -2.56. The van der Waals surface area contributed by atoms with E-state index in [1.807, 2.05) is 19.9 Å². The van der Waals surface area contributed by atoms with Crippen molar-refractivity contribution in [2.75, 3.05) is 6.61 Å². The van der Waals surface area contributed by atoms with Crippen molar-refractivity contribution in [3.63, 3.8) is 0 Å². The lowest BCUT2D eigenvalue weighted by Crippen LogP contribution is -2.62. The van der Waals surface area contributed by atoms with Crippen molar-refractivity contribution in [3.05, 3.63) is 70.8 Å². The van der Waals surface area contributed by atoms with E-state index in [1.54, 1.807) is 43.3 Å². The smallest absolute Gasteiger partial charge is 0.339 e. The summed E-state index contributed by atoms with van der Waals surface area (Å²) in [5.74, 6) is -2.78. The van der Waals surface area contributed by atoms with Crippen LogP contribution in [0.15, 0.2) is 65.2 Å². The van der Waals surface area contributed by atoms with Crippen LogP contribution in [0.2, 0.25) is 0 Å². The molecule has 7 nitrogen and oxygen atoms in total. The molecule has 6 atom stereocenters. The molecule has 3 fully saturated rings. The first-order valence-corrected chi connectivity index (χ1v) is 14.2. The summed E-state index contributed by atoms with van der Waals surface area (Å²) < 4.78 is 11.4. The summed E-state index contributed by atoms with van der Waals surface area (Å²) in [5.41, 5.74) is -0.735. The number of carbonyl (C=O) groups excluding carboxylic acids is 5. The molecule has 1 aromatic carbocycles. The largest absolute Gasteiger partial charge is 0.457 e. The fourth-order valence-electron chi connectivity index (χ4n) is 7.89. The third kappa shape index (κ3) is 4.12. The molecule has 5 rings (SSSR count). The van der Waals surface area contributed by atoms with E-state index in [0.717, 1.165) is 5.57 Å². The van der Waals surface area contributed by atoms with Gasteiger partial charge in [-0.05, 0) is 61.0 Å². The van der Waals surface area contributed by atoms with E-state index >= 15 is 0 Å². The minimum Gasteiger partial charge on any atom is -0.457 e. The van der Waals surface area contributed by atoms with E-state index in [-0.39, 0.29) is 47.7 Å². The lowest BCUT2D eigenvalue weighted by molar-refractivity contribution is -0.169. The first-order valence-electron chi connectivity index (χ1n) is 13.8. The Morgan fingerprint density at radius 3 is 2.52 bits per heavy atom. The minimum atomic E-state index is -1.89. The van der Waals surface area contributed by atoms with Crippen molar-refractivity contribution in [2.45, 2.75) is 58.5 Å². The molecular formula is C32H33ClO7. The number of Topliss-reactive ketones (excluding diaryl/α,β-unsaturated/α-hetero) is 2. The molecule has 0 amide bonds. The molecule has 8 heteroatoms. The highest BCUT2D eigenvalue weighted by Crippen LogP contribution is 2.68. The molecule has 4 aliphatic rings. The average Bonchev–Trinajstić information content (AvgIpc) is 3.19. The molecule has 40 heavy (non-hydrogen) atoms. The molecule has 3 saturated carbocycles. The van der Waals surface area contributed by atoms with Gasteiger partial charge in [-0.2, -0.15) is 0 Å². The summed E-state index contributed by atoms with van der Waals surface area (Å²) in [4.78, 5) is 66.0. The van der Waals surface area contributed by atoms with E-state index in [9.17, 15) is 24.0 Å². The van der Waals surface area contributed by atoms with Crippen molar-refractivity contribution in [1.29, 1.82) is 0 Å². The number of benzene rings is 1. The normalized spacial score (nSPS) is 35.4. The van der Waals surface area contributed by atoms with Gasteiger partial charge < -0.3 is 9.47 Å². The molecule has 1 aromatic rings. The molecule has 0 N–H and O–H groups in total. The topological polar surface area (TPSA) is 104 Å². The first kappa shape index (κ1) is 28.2. The van der Waals surface area contributed by atoms with Crippen molar-refractivity contribution in [3.8, 4) is 0 Å². The van der Waals surface area contributed by atoms with Crippen molar-refractivity contribution < 1.29 is 33.4 Å². The molecular weight excluding hydrogens is 532 g/mol. The summed E-state index contributed by atoms with van der Waals surface area (Å²) in [5, 5.41) is 0. The molecule has 4 aliphatic carbocycles. The highest BCUT2D eigenvalue weighted by Gasteiger charge is 2.72. The van der Waals surface area contributed by atoms with E-state index in [1.165, 1.54) is 11.6 Å². The molecule has 210 valence electrons. The first-order chi connectivity index (χ1) is 19.0. The Kier molecular flexibility index (Phi) is 7.24. The van der Waals surface area contributed by atoms with Gasteiger partial charge in [-0.1, -0.05) is 62.2 Å². The highest BCUT2D eigenvalue weighted by atomic mass is 35.5. The molecule has 0 aliphatic heterocycles. The summed E-state index contributed by atoms with van der Waals surface area (Å²) in [6.07, 6.45) is 6.72. The zero-order valence-electron chi connectivity index (χ0n) is 22.9. The van der Waals surface area contributed by atoms with Crippen LogP contribution in [-0.4, -0.2) is 41.5 Å². The third-order valence-electron chi connectivity index (χ3n) is 9.78. The minimum absolute atomic E-state index is 0.0345. The number of ether oxygens (including phenoxy) is 2. The standard InChI is InChI=1S/C32H33ClO7/c1-4-27(37)39-18-26(36)32(40-29(38)19-8-6-5-7-9-19)21(17-33)15-24-23-11-10-20-14-22(34)12-13-30(20,2)28(23)25(35)16-31(24,32)3/h5-9,12-14,17,23-24,28H,4,10-11,15-16,18H2,1-3H3/t23-,24-,28+,30-,31-,32-/m0/s1. The highest BCUT2D eigenvalue weighted by molar-refractivity contribution is 6.26. The third-order valence-corrected chi connectivity index (χ3v) is 10.0. The number of rotatable bonds is 6.